The Balaban J connectivity index is 1.59. The summed E-state index contributed by atoms with van der Waals surface area (Å²) in [5.74, 6) is 0.922. The van der Waals surface area contributed by atoms with E-state index >= 15 is 0 Å². The molecule has 2 heterocycles. The largest absolute Gasteiger partial charge is 0.480 e. The Bertz CT molecular complexity index is 1310. The van der Waals surface area contributed by atoms with Crippen LogP contribution < -0.4 is 21.2 Å². The van der Waals surface area contributed by atoms with Crippen LogP contribution >= 0.6 is 0 Å². The molecule has 8 nitrogen and oxygen atoms in total. The molecule has 158 valence electrons. The number of fused-ring (bicyclic) bond motifs is 1. The fourth-order valence-electron chi connectivity index (χ4n) is 3.44. The minimum atomic E-state index is -0.305. The molecule has 0 saturated carbocycles. The molecule has 4 rings (SSSR count). The standard InChI is InChI=1S/C23H23N5O3/c1-15(16-8-4-3-5-9-16)13-24-23-25-17(12-20(29)26-23)14-28-22(30)19-11-7-6-10-18(19)21(27-28)31-2/h3-12,15H,13-14H2,1-2H3,(H2,24,25,26,29). The van der Waals surface area contributed by atoms with Crippen molar-refractivity contribution in [3.63, 3.8) is 0 Å². The molecule has 0 radical (unpaired) electrons. The van der Waals surface area contributed by atoms with Gasteiger partial charge in [0.1, 0.15) is 0 Å². The molecule has 0 aliphatic heterocycles. The smallest absolute Gasteiger partial charge is 0.275 e. The topological polar surface area (TPSA) is 102 Å². The van der Waals surface area contributed by atoms with Gasteiger partial charge in [-0.3, -0.25) is 14.6 Å². The molecule has 0 aliphatic rings. The minimum absolute atomic E-state index is 0.0485. The van der Waals surface area contributed by atoms with Crippen LogP contribution in [0.15, 0.2) is 70.3 Å². The van der Waals surface area contributed by atoms with E-state index in [0.29, 0.717) is 34.8 Å². The maximum absolute atomic E-state index is 12.9. The van der Waals surface area contributed by atoms with Gasteiger partial charge in [0.2, 0.25) is 11.8 Å². The van der Waals surface area contributed by atoms with Crippen LogP contribution in [0.5, 0.6) is 5.88 Å². The third-order valence-corrected chi connectivity index (χ3v) is 5.08. The molecule has 0 aliphatic carbocycles. The highest BCUT2D eigenvalue weighted by Crippen LogP contribution is 2.19. The molecular formula is C23H23N5O3. The third-order valence-electron chi connectivity index (χ3n) is 5.08. The molecule has 31 heavy (non-hydrogen) atoms. The second-order valence-corrected chi connectivity index (χ2v) is 7.30. The number of nitrogens with zero attached hydrogens (tertiary/aromatic N) is 3. The molecule has 4 aromatic rings. The molecule has 0 bridgehead atoms. The molecule has 8 heteroatoms. The van der Waals surface area contributed by atoms with Gasteiger partial charge in [-0.2, -0.15) is 0 Å². The van der Waals surface area contributed by atoms with E-state index in [0.717, 1.165) is 0 Å². The van der Waals surface area contributed by atoms with Gasteiger partial charge in [0.05, 0.1) is 30.1 Å². The van der Waals surface area contributed by atoms with Crippen LogP contribution in [-0.2, 0) is 6.54 Å². The first kappa shape index (κ1) is 20.3. The molecule has 1 atom stereocenters. The van der Waals surface area contributed by atoms with Crippen molar-refractivity contribution < 1.29 is 4.74 Å². The Hall–Kier alpha value is -3.94. The summed E-state index contributed by atoms with van der Waals surface area (Å²) in [7, 11) is 1.50. The van der Waals surface area contributed by atoms with Crippen molar-refractivity contribution in [2.24, 2.45) is 0 Å². The number of aromatic nitrogens is 4. The summed E-state index contributed by atoms with van der Waals surface area (Å²) in [5, 5.41) is 8.61. The highest BCUT2D eigenvalue weighted by atomic mass is 16.5. The Morgan fingerprint density at radius 2 is 1.77 bits per heavy atom. The van der Waals surface area contributed by atoms with E-state index < -0.39 is 0 Å². The van der Waals surface area contributed by atoms with E-state index in [-0.39, 0.29) is 23.6 Å². The lowest BCUT2D eigenvalue weighted by Gasteiger charge is -2.14. The zero-order valence-corrected chi connectivity index (χ0v) is 17.3. The minimum Gasteiger partial charge on any atom is -0.480 e. The maximum Gasteiger partial charge on any atom is 0.275 e. The molecule has 0 saturated heterocycles. The highest BCUT2D eigenvalue weighted by Gasteiger charge is 2.12. The first-order valence-electron chi connectivity index (χ1n) is 9.98. The van der Waals surface area contributed by atoms with Gasteiger partial charge in [-0.25, -0.2) is 9.67 Å². The summed E-state index contributed by atoms with van der Waals surface area (Å²) in [6.45, 7) is 2.74. The van der Waals surface area contributed by atoms with Crippen molar-refractivity contribution in [1.82, 2.24) is 19.7 Å². The van der Waals surface area contributed by atoms with Crippen LogP contribution in [0.2, 0.25) is 0 Å². The van der Waals surface area contributed by atoms with Gasteiger partial charge in [0, 0.05) is 12.6 Å². The predicted octanol–water partition coefficient (Wildman–Crippen LogP) is 2.75. The fraction of sp³-hybridized carbons (Fsp3) is 0.217. The molecular weight excluding hydrogens is 394 g/mol. The van der Waals surface area contributed by atoms with Crippen LogP contribution in [0.3, 0.4) is 0 Å². The van der Waals surface area contributed by atoms with E-state index in [1.54, 1.807) is 18.2 Å². The molecule has 0 spiro atoms. The zero-order chi connectivity index (χ0) is 21.8. The van der Waals surface area contributed by atoms with E-state index in [1.807, 2.05) is 24.3 Å². The van der Waals surface area contributed by atoms with E-state index in [9.17, 15) is 9.59 Å². The summed E-state index contributed by atoms with van der Waals surface area (Å²) in [4.78, 5) is 32.2. The Labute approximate surface area is 178 Å². The Kier molecular flexibility index (Phi) is 5.79. The number of methoxy groups -OCH3 is 1. The van der Waals surface area contributed by atoms with Crippen molar-refractivity contribution in [2.75, 3.05) is 19.0 Å². The number of anilines is 1. The third kappa shape index (κ3) is 4.48. The lowest BCUT2D eigenvalue weighted by molar-refractivity contribution is 0.385. The SMILES string of the molecule is COc1nn(Cc2cc(=O)[nH]c(NCC(C)c3ccccc3)n2)c(=O)c2ccccc12. The number of rotatable bonds is 7. The molecule has 1 unspecified atom stereocenters. The lowest BCUT2D eigenvalue weighted by Crippen LogP contribution is -2.26. The van der Waals surface area contributed by atoms with Crippen molar-refractivity contribution in [3.05, 3.63) is 92.6 Å². The van der Waals surface area contributed by atoms with Crippen LogP contribution in [0.25, 0.3) is 10.8 Å². The van der Waals surface area contributed by atoms with Gasteiger partial charge in [-0.05, 0) is 23.6 Å². The van der Waals surface area contributed by atoms with Crippen molar-refractivity contribution >= 4 is 16.7 Å². The van der Waals surface area contributed by atoms with E-state index in [4.69, 9.17) is 4.74 Å². The maximum atomic E-state index is 12.9. The average molecular weight is 417 g/mol. The van der Waals surface area contributed by atoms with Crippen molar-refractivity contribution in [2.45, 2.75) is 19.4 Å². The average Bonchev–Trinajstić information content (AvgIpc) is 2.79. The first-order chi connectivity index (χ1) is 15.0. The van der Waals surface area contributed by atoms with Gasteiger partial charge >= 0.3 is 0 Å². The number of nitrogens with one attached hydrogen (secondary N) is 2. The summed E-state index contributed by atoms with van der Waals surface area (Å²) in [6, 6.07) is 18.6. The number of aromatic amines is 1. The number of hydrogen-bond donors (Lipinski definition) is 2. The Morgan fingerprint density at radius 3 is 2.52 bits per heavy atom. The van der Waals surface area contributed by atoms with Gasteiger partial charge < -0.3 is 10.1 Å². The van der Waals surface area contributed by atoms with Crippen LogP contribution in [-0.4, -0.2) is 33.4 Å². The molecule has 2 N–H and O–H groups in total. The molecule has 2 aromatic carbocycles. The first-order valence-corrected chi connectivity index (χ1v) is 9.98. The van der Waals surface area contributed by atoms with Crippen LogP contribution in [0, 0.1) is 0 Å². The summed E-state index contributed by atoms with van der Waals surface area (Å²) >= 11 is 0. The highest BCUT2D eigenvalue weighted by molar-refractivity contribution is 5.85. The molecule has 2 aromatic heterocycles. The van der Waals surface area contributed by atoms with Gasteiger partial charge in [0.25, 0.3) is 11.1 Å². The van der Waals surface area contributed by atoms with E-state index in [1.165, 1.54) is 23.4 Å². The van der Waals surface area contributed by atoms with Crippen LogP contribution in [0.4, 0.5) is 5.95 Å². The summed E-state index contributed by atoms with van der Waals surface area (Å²) < 4.78 is 6.61. The number of hydrogen-bond acceptors (Lipinski definition) is 6. The fourth-order valence-corrected chi connectivity index (χ4v) is 3.44. The molecule has 0 fully saturated rings. The number of ether oxygens (including phenoxy) is 1. The second kappa shape index (κ2) is 8.83. The zero-order valence-electron chi connectivity index (χ0n) is 17.3. The van der Waals surface area contributed by atoms with Gasteiger partial charge in [-0.1, -0.05) is 49.4 Å². The quantitative estimate of drug-likeness (QED) is 0.479. The van der Waals surface area contributed by atoms with Gasteiger partial charge in [-0.15, -0.1) is 5.10 Å². The summed E-state index contributed by atoms with van der Waals surface area (Å²) in [5.41, 5.74) is 1.03. The van der Waals surface area contributed by atoms with Crippen molar-refractivity contribution in [1.29, 1.82) is 0 Å². The van der Waals surface area contributed by atoms with Crippen molar-refractivity contribution in [3.8, 4) is 5.88 Å². The predicted molar refractivity (Wildman–Crippen MR) is 120 cm³/mol. The monoisotopic (exact) mass is 417 g/mol. The second-order valence-electron chi connectivity index (χ2n) is 7.30. The number of benzene rings is 2. The molecule has 0 amide bonds. The summed E-state index contributed by atoms with van der Waals surface area (Å²) in [6.07, 6.45) is 0. The van der Waals surface area contributed by atoms with E-state index in [2.05, 4.69) is 39.4 Å². The Morgan fingerprint density at radius 1 is 1.06 bits per heavy atom. The normalized spacial score (nSPS) is 11.9. The van der Waals surface area contributed by atoms with Crippen LogP contribution in [0.1, 0.15) is 24.1 Å². The number of H-pyrrole nitrogens is 1. The lowest BCUT2D eigenvalue weighted by atomic mass is 10.0. The van der Waals surface area contributed by atoms with Gasteiger partial charge in [0.15, 0.2) is 0 Å².